The molecule has 2 unspecified atom stereocenters. The van der Waals surface area contributed by atoms with Crippen LogP contribution in [-0.2, 0) is 0 Å². The van der Waals surface area contributed by atoms with Crippen molar-refractivity contribution in [3.8, 4) is 0 Å². The Morgan fingerprint density at radius 2 is 2.24 bits per heavy atom. The average molecular weight is 227 g/mol. The van der Waals surface area contributed by atoms with Gasteiger partial charge in [-0.05, 0) is 24.8 Å². The van der Waals surface area contributed by atoms with Crippen molar-refractivity contribution in [2.24, 2.45) is 5.92 Å². The third-order valence-electron chi connectivity index (χ3n) is 3.47. The molecule has 1 aliphatic rings. The number of rotatable bonds is 4. The first kappa shape index (κ1) is 10.5. The van der Waals surface area contributed by atoms with Gasteiger partial charge >= 0.3 is 0 Å². The molecule has 3 rings (SSSR count). The number of nitrogens with zero attached hydrogens (tertiary/aromatic N) is 2. The number of anilines is 1. The van der Waals surface area contributed by atoms with E-state index < -0.39 is 0 Å². The lowest BCUT2D eigenvalue weighted by Crippen LogP contribution is -2.05. The minimum absolute atomic E-state index is 0.641. The minimum Gasteiger partial charge on any atom is -0.380 e. The summed E-state index contributed by atoms with van der Waals surface area (Å²) in [5.41, 5.74) is 2.09. The SMILES string of the molecule is CCCC1CC1Nc1cnnc2ccccc12. The smallest absolute Gasteiger partial charge is 0.0950 e. The highest BCUT2D eigenvalue weighted by Crippen LogP contribution is 2.38. The number of nitrogens with one attached hydrogen (secondary N) is 1. The Kier molecular flexibility index (Phi) is 2.67. The molecule has 0 bridgehead atoms. The summed E-state index contributed by atoms with van der Waals surface area (Å²) in [5.74, 6) is 0.854. The van der Waals surface area contributed by atoms with E-state index in [-0.39, 0.29) is 0 Å². The van der Waals surface area contributed by atoms with Crippen molar-refractivity contribution in [1.29, 1.82) is 0 Å². The van der Waals surface area contributed by atoms with Crippen LogP contribution < -0.4 is 5.32 Å². The maximum atomic E-state index is 4.13. The maximum Gasteiger partial charge on any atom is 0.0950 e. The Labute approximate surface area is 101 Å². The topological polar surface area (TPSA) is 37.8 Å². The Hall–Kier alpha value is -1.64. The zero-order chi connectivity index (χ0) is 11.7. The molecule has 88 valence electrons. The van der Waals surface area contributed by atoms with Crippen molar-refractivity contribution in [3.05, 3.63) is 30.5 Å². The summed E-state index contributed by atoms with van der Waals surface area (Å²) in [6, 6.07) is 8.79. The second kappa shape index (κ2) is 4.32. The van der Waals surface area contributed by atoms with E-state index in [1.54, 1.807) is 0 Å². The quantitative estimate of drug-likeness (QED) is 0.871. The van der Waals surface area contributed by atoms with Gasteiger partial charge in [-0.3, -0.25) is 0 Å². The highest BCUT2D eigenvalue weighted by atomic mass is 15.1. The van der Waals surface area contributed by atoms with Gasteiger partial charge < -0.3 is 5.32 Å². The van der Waals surface area contributed by atoms with Gasteiger partial charge in [-0.1, -0.05) is 31.5 Å². The lowest BCUT2D eigenvalue weighted by Gasteiger charge is -2.07. The monoisotopic (exact) mass is 227 g/mol. The Bertz CT molecular complexity index is 518. The predicted octanol–water partition coefficient (Wildman–Crippen LogP) is 3.23. The van der Waals surface area contributed by atoms with Crippen LogP contribution in [0.4, 0.5) is 5.69 Å². The highest BCUT2D eigenvalue weighted by Gasteiger charge is 2.36. The van der Waals surface area contributed by atoms with Crippen LogP contribution in [0, 0.1) is 5.92 Å². The van der Waals surface area contributed by atoms with Crippen LogP contribution in [0.25, 0.3) is 10.9 Å². The summed E-state index contributed by atoms with van der Waals surface area (Å²) in [5, 5.41) is 12.9. The molecular formula is C14H17N3. The number of aromatic nitrogens is 2. The molecule has 0 aliphatic heterocycles. The molecule has 3 heteroatoms. The van der Waals surface area contributed by atoms with E-state index in [0.29, 0.717) is 6.04 Å². The zero-order valence-corrected chi connectivity index (χ0v) is 10.1. The fourth-order valence-corrected chi connectivity index (χ4v) is 2.44. The molecule has 1 fully saturated rings. The summed E-state index contributed by atoms with van der Waals surface area (Å²) < 4.78 is 0. The highest BCUT2D eigenvalue weighted by molar-refractivity contribution is 5.90. The molecule has 0 spiro atoms. The number of hydrogen-bond donors (Lipinski definition) is 1. The van der Waals surface area contributed by atoms with Crippen LogP contribution in [0.5, 0.6) is 0 Å². The molecule has 2 aromatic rings. The molecule has 1 N–H and O–H groups in total. The van der Waals surface area contributed by atoms with E-state index in [2.05, 4.69) is 28.5 Å². The summed E-state index contributed by atoms with van der Waals surface area (Å²) in [6.45, 7) is 2.25. The number of hydrogen-bond acceptors (Lipinski definition) is 3. The average Bonchev–Trinajstić information content (AvgIpc) is 3.08. The second-order valence-electron chi connectivity index (χ2n) is 4.81. The maximum absolute atomic E-state index is 4.13. The number of benzene rings is 1. The minimum atomic E-state index is 0.641. The van der Waals surface area contributed by atoms with Crippen LogP contribution in [0.2, 0.25) is 0 Å². The lowest BCUT2D eigenvalue weighted by molar-refractivity contribution is 0.693. The Balaban J connectivity index is 1.82. The standard InChI is InChI=1S/C14H17N3/c1-2-5-10-8-13(10)16-14-9-15-17-12-7-4-3-6-11(12)14/h3-4,6-7,9-10,13H,2,5,8H2,1H3,(H,16,17). The van der Waals surface area contributed by atoms with Crippen molar-refractivity contribution < 1.29 is 0 Å². The normalized spacial score (nSPS) is 22.6. The van der Waals surface area contributed by atoms with Gasteiger partial charge in [0.15, 0.2) is 0 Å². The van der Waals surface area contributed by atoms with Gasteiger partial charge in [-0.2, -0.15) is 10.2 Å². The molecule has 0 radical (unpaired) electrons. The largest absolute Gasteiger partial charge is 0.380 e. The summed E-state index contributed by atoms with van der Waals surface area (Å²) >= 11 is 0. The third-order valence-corrected chi connectivity index (χ3v) is 3.47. The second-order valence-corrected chi connectivity index (χ2v) is 4.81. The Morgan fingerprint density at radius 1 is 1.35 bits per heavy atom. The van der Waals surface area contributed by atoms with E-state index in [9.17, 15) is 0 Å². The lowest BCUT2D eigenvalue weighted by atomic mass is 10.2. The van der Waals surface area contributed by atoms with Gasteiger partial charge in [0.25, 0.3) is 0 Å². The van der Waals surface area contributed by atoms with Crippen LogP contribution in [0.15, 0.2) is 30.5 Å². The first-order chi connectivity index (χ1) is 8.38. The molecule has 1 heterocycles. The summed E-state index contributed by atoms with van der Waals surface area (Å²) in [4.78, 5) is 0. The van der Waals surface area contributed by atoms with E-state index in [4.69, 9.17) is 0 Å². The molecule has 2 atom stereocenters. The molecule has 1 saturated carbocycles. The third kappa shape index (κ3) is 2.09. The van der Waals surface area contributed by atoms with Gasteiger partial charge in [0.05, 0.1) is 17.4 Å². The van der Waals surface area contributed by atoms with Crippen LogP contribution in [0.3, 0.4) is 0 Å². The van der Waals surface area contributed by atoms with Gasteiger partial charge in [-0.25, -0.2) is 0 Å². The van der Waals surface area contributed by atoms with Crippen molar-refractivity contribution in [3.63, 3.8) is 0 Å². The summed E-state index contributed by atoms with van der Waals surface area (Å²) in [7, 11) is 0. The van der Waals surface area contributed by atoms with Crippen molar-refractivity contribution in [1.82, 2.24) is 10.2 Å². The molecule has 1 aromatic heterocycles. The van der Waals surface area contributed by atoms with Crippen LogP contribution in [0.1, 0.15) is 26.2 Å². The van der Waals surface area contributed by atoms with E-state index >= 15 is 0 Å². The molecule has 0 saturated heterocycles. The number of fused-ring (bicyclic) bond motifs is 1. The zero-order valence-electron chi connectivity index (χ0n) is 10.1. The first-order valence-corrected chi connectivity index (χ1v) is 6.35. The molecule has 17 heavy (non-hydrogen) atoms. The Morgan fingerprint density at radius 3 is 3.12 bits per heavy atom. The predicted molar refractivity (Wildman–Crippen MR) is 70.0 cm³/mol. The summed E-state index contributed by atoms with van der Waals surface area (Å²) in [6.07, 6.45) is 5.74. The van der Waals surface area contributed by atoms with Gasteiger partial charge in [-0.15, -0.1) is 0 Å². The van der Waals surface area contributed by atoms with E-state index in [1.807, 2.05) is 24.4 Å². The molecule has 1 aromatic carbocycles. The van der Waals surface area contributed by atoms with Gasteiger partial charge in [0.2, 0.25) is 0 Å². The van der Waals surface area contributed by atoms with E-state index in [1.165, 1.54) is 24.6 Å². The van der Waals surface area contributed by atoms with Crippen molar-refractivity contribution in [2.45, 2.75) is 32.2 Å². The fourth-order valence-electron chi connectivity index (χ4n) is 2.44. The van der Waals surface area contributed by atoms with Crippen LogP contribution in [-0.4, -0.2) is 16.2 Å². The van der Waals surface area contributed by atoms with Crippen LogP contribution >= 0.6 is 0 Å². The molecule has 0 amide bonds. The van der Waals surface area contributed by atoms with Crippen molar-refractivity contribution in [2.75, 3.05) is 5.32 Å². The van der Waals surface area contributed by atoms with Crippen molar-refractivity contribution >= 4 is 16.6 Å². The molecule has 3 nitrogen and oxygen atoms in total. The van der Waals surface area contributed by atoms with Gasteiger partial charge in [0.1, 0.15) is 0 Å². The van der Waals surface area contributed by atoms with Gasteiger partial charge in [0, 0.05) is 11.4 Å². The fraction of sp³-hybridized carbons (Fsp3) is 0.429. The first-order valence-electron chi connectivity index (χ1n) is 6.35. The molecular weight excluding hydrogens is 210 g/mol. The van der Waals surface area contributed by atoms with E-state index in [0.717, 1.165) is 17.1 Å². The molecule has 1 aliphatic carbocycles.